The van der Waals surface area contributed by atoms with Crippen LogP contribution in [0.1, 0.15) is 66.9 Å². The molecule has 0 bridgehead atoms. The summed E-state index contributed by atoms with van der Waals surface area (Å²) in [4.78, 5) is 26.2. The summed E-state index contributed by atoms with van der Waals surface area (Å²) in [6.45, 7) is 14.3. The molecule has 1 aromatic rings. The van der Waals surface area contributed by atoms with Gasteiger partial charge in [-0.1, -0.05) is 12.1 Å². The molecule has 0 aromatic heterocycles. The zero-order valence-electron chi connectivity index (χ0n) is 18.5. The van der Waals surface area contributed by atoms with E-state index in [0.29, 0.717) is 28.1 Å². The molecule has 0 spiro atoms. The largest absolute Gasteiger partial charge is 0.508 e. The highest BCUT2D eigenvalue weighted by molar-refractivity contribution is 6.00. The van der Waals surface area contributed by atoms with Gasteiger partial charge in [0, 0.05) is 11.4 Å². The first-order valence-corrected chi connectivity index (χ1v) is 9.64. The maximum atomic E-state index is 13.1. The van der Waals surface area contributed by atoms with Gasteiger partial charge < -0.3 is 19.9 Å². The van der Waals surface area contributed by atoms with Gasteiger partial charge in [0.05, 0.1) is 17.1 Å². The molecule has 1 aliphatic heterocycles. The van der Waals surface area contributed by atoms with Crippen molar-refractivity contribution in [1.29, 1.82) is 0 Å². The van der Waals surface area contributed by atoms with Gasteiger partial charge in [-0.25, -0.2) is 9.59 Å². The Morgan fingerprint density at radius 3 is 1.55 bits per heavy atom. The minimum Gasteiger partial charge on any atom is -0.508 e. The van der Waals surface area contributed by atoms with Crippen LogP contribution in [0, 0.1) is 0 Å². The lowest BCUT2D eigenvalue weighted by Crippen LogP contribution is -2.36. The average molecular weight is 402 g/mol. The van der Waals surface area contributed by atoms with Crippen molar-refractivity contribution in [3.8, 4) is 5.75 Å². The molecule has 158 valence electrons. The van der Waals surface area contributed by atoms with Crippen molar-refractivity contribution in [2.24, 2.45) is 0 Å². The Kier molecular flexibility index (Phi) is 6.16. The number of carbonyl (C=O) groups is 2. The van der Waals surface area contributed by atoms with Crippen molar-refractivity contribution >= 4 is 11.9 Å². The first-order valence-electron chi connectivity index (χ1n) is 9.64. The van der Waals surface area contributed by atoms with Crippen LogP contribution in [0.25, 0.3) is 0 Å². The summed E-state index contributed by atoms with van der Waals surface area (Å²) in [5, 5.41) is 12.8. The number of esters is 2. The van der Waals surface area contributed by atoms with E-state index in [2.05, 4.69) is 5.32 Å². The van der Waals surface area contributed by atoms with Gasteiger partial charge in [0.1, 0.15) is 17.0 Å². The van der Waals surface area contributed by atoms with Gasteiger partial charge in [0.15, 0.2) is 0 Å². The molecule has 1 aliphatic rings. The zero-order chi connectivity index (χ0) is 22.1. The van der Waals surface area contributed by atoms with Crippen LogP contribution in [0.4, 0.5) is 0 Å². The molecule has 0 amide bonds. The number of hydrogen-bond acceptors (Lipinski definition) is 6. The van der Waals surface area contributed by atoms with E-state index in [1.165, 1.54) is 12.1 Å². The highest BCUT2D eigenvalue weighted by Crippen LogP contribution is 2.40. The molecule has 1 aromatic carbocycles. The van der Waals surface area contributed by atoms with Crippen LogP contribution in [0.2, 0.25) is 0 Å². The number of carbonyl (C=O) groups excluding carboxylic acids is 2. The van der Waals surface area contributed by atoms with Crippen molar-refractivity contribution < 1.29 is 24.2 Å². The Bertz CT molecular complexity index is 814. The molecule has 0 aliphatic carbocycles. The van der Waals surface area contributed by atoms with Crippen LogP contribution >= 0.6 is 0 Å². The number of nitrogens with one attached hydrogen (secondary N) is 1. The summed E-state index contributed by atoms with van der Waals surface area (Å²) in [6.07, 6.45) is 0. The average Bonchev–Trinajstić information content (AvgIpc) is 2.51. The lowest BCUT2D eigenvalue weighted by atomic mass is 9.80. The molecule has 0 fully saturated rings. The van der Waals surface area contributed by atoms with Crippen molar-refractivity contribution in [2.75, 3.05) is 0 Å². The Morgan fingerprint density at radius 2 is 1.21 bits per heavy atom. The molecule has 0 atom stereocenters. The van der Waals surface area contributed by atoms with E-state index in [0.717, 1.165) is 0 Å². The topological polar surface area (TPSA) is 84.9 Å². The van der Waals surface area contributed by atoms with Gasteiger partial charge >= 0.3 is 11.9 Å². The second-order valence-electron chi connectivity index (χ2n) is 9.23. The first-order chi connectivity index (χ1) is 13.2. The summed E-state index contributed by atoms with van der Waals surface area (Å²) in [5.74, 6) is -1.59. The van der Waals surface area contributed by atoms with Crippen LogP contribution in [-0.4, -0.2) is 28.2 Å². The fourth-order valence-corrected chi connectivity index (χ4v) is 3.20. The quantitative estimate of drug-likeness (QED) is 0.734. The van der Waals surface area contributed by atoms with E-state index < -0.39 is 29.1 Å². The molecule has 0 saturated carbocycles. The number of allylic oxidation sites excluding steroid dienone is 2. The molecule has 1 heterocycles. The normalized spacial score (nSPS) is 15.9. The number of phenols is 1. The van der Waals surface area contributed by atoms with Crippen LogP contribution in [-0.2, 0) is 19.1 Å². The number of dihydropyridines is 1. The van der Waals surface area contributed by atoms with Crippen molar-refractivity contribution in [1.82, 2.24) is 5.32 Å². The molecule has 0 radical (unpaired) electrons. The minimum atomic E-state index is -0.688. The summed E-state index contributed by atoms with van der Waals surface area (Å²) >= 11 is 0. The van der Waals surface area contributed by atoms with E-state index in [-0.39, 0.29) is 5.75 Å². The SMILES string of the molecule is CC1=C(C(=O)OC(C)(C)C)C(c2ccc(O)cc2)C(C(=O)OC(C)(C)C)=C(C)N1. The third kappa shape index (κ3) is 5.62. The van der Waals surface area contributed by atoms with Crippen LogP contribution in [0.15, 0.2) is 46.8 Å². The second-order valence-corrected chi connectivity index (χ2v) is 9.23. The molecule has 2 rings (SSSR count). The molecule has 2 N–H and O–H groups in total. The maximum Gasteiger partial charge on any atom is 0.337 e. The van der Waals surface area contributed by atoms with Gasteiger partial charge in [0.25, 0.3) is 0 Å². The predicted molar refractivity (Wildman–Crippen MR) is 111 cm³/mol. The predicted octanol–water partition coefficient (Wildman–Crippen LogP) is 4.31. The fourth-order valence-electron chi connectivity index (χ4n) is 3.20. The number of aromatic hydroxyl groups is 1. The molecule has 0 saturated heterocycles. The molecular weight excluding hydrogens is 370 g/mol. The number of rotatable bonds is 3. The van der Waals surface area contributed by atoms with Crippen LogP contribution in [0.5, 0.6) is 5.75 Å². The molecule has 29 heavy (non-hydrogen) atoms. The van der Waals surface area contributed by atoms with Gasteiger partial charge in [-0.2, -0.15) is 0 Å². The number of ether oxygens (including phenoxy) is 2. The lowest BCUT2D eigenvalue weighted by molar-refractivity contribution is -0.150. The van der Waals surface area contributed by atoms with Gasteiger partial charge in [0.2, 0.25) is 0 Å². The molecule has 6 heteroatoms. The number of phenolic OH excluding ortho intramolecular Hbond substituents is 1. The third-order valence-electron chi connectivity index (χ3n) is 4.22. The number of benzene rings is 1. The first kappa shape index (κ1) is 22.5. The summed E-state index contributed by atoms with van der Waals surface area (Å²) < 4.78 is 11.3. The molecule has 0 unspecified atom stereocenters. The minimum absolute atomic E-state index is 0.0988. The smallest absolute Gasteiger partial charge is 0.337 e. The zero-order valence-corrected chi connectivity index (χ0v) is 18.5. The van der Waals surface area contributed by atoms with E-state index in [4.69, 9.17) is 9.47 Å². The Hall–Kier alpha value is -2.76. The highest BCUT2D eigenvalue weighted by atomic mass is 16.6. The molecule has 6 nitrogen and oxygen atoms in total. The van der Waals surface area contributed by atoms with Crippen molar-refractivity contribution in [3.05, 3.63) is 52.4 Å². The van der Waals surface area contributed by atoms with Crippen LogP contribution in [0.3, 0.4) is 0 Å². The van der Waals surface area contributed by atoms with E-state index >= 15 is 0 Å². The van der Waals surface area contributed by atoms with Gasteiger partial charge in [-0.15, -0.1) is 0 Å². The van der Waals surface area contributed by atoms with Gasteiger partial charge in [-0.3, -0.25) is 0 Å². The van der Waals surface area contributed by atoms with E-state index in [9.17, 15) is 14.7 Å². The van der Waals surface area contributed by atoms with Gasteiger partial charge in [-0.05, 0) is 73.1 Å². The maximum absolute atomic E-state index is 13.1. The second kappa shape index (κ2) is 7.93. The fraction of sp³-hybridized carbons (Fsp3) is 0.478. The van der Waals surface area contributed by atoms with Crippen molar-refractivity contribution in [2.45, 2.75) is 72.5 Å². The molecular formula is C23H31NO5. The summed E-state index contributed by atoms with van der Waals surface area (Å²) in [6, 6.07) is 6.45. The Balaban J connectivity index is 2.63. The monoisotopic (exact) mass is 401 g/mol. The third-order valence-corrected chi connectivity index (χ3v) is 4.22. The Labute approximate surface area is 172 Å². The van der Waals surface area contributed by atoms with E-state index in [1.54, 1.807) is 67.5 Å². The summed E-state index contributed by atoms with van der Waals surface area (Å²) in [7, 11) is 0. The lowest BCUT2D eigenvalue weighted by Gasteiger charge is -2.33. The van der Waals surface area contributed by atoms with Crippen molar-refractivity contribution in [3.63, 3.8) is 0 Å². The van der Waals surface area contributed by atoms with E-state index in [1.807, 2.05) is 0 Å². The van der Waals surface area contributed by atoms with Crippen LogP contribution < -0.4 is 5.32 Å². The summed E-state index contributed by atoms with van der Waals surface area (Å²) in [5.41, 5.74) is 1.22. The number of hydrogen-bond donors (Lipinski definition) is 2. The Morgan fingerprint density at radius 1 is 0.828 bits per heavy atom. The standard InChI is InChI=1S/C23H31NO5/c1-13-17(20(26)28-22(3,4)5)19(15-9-11-16(25)12-10-15)18(14(2)24-13)21(27)29-23(6,7)8/h9-12,19,24-25H,1-8H3. The highest BCUT2D eigenvalue weighted by Gasteiger charge is 2.39.